The normalized spacial score (nSPS) is 10.8. The van der Waals surface area contributed by atoms with E-state index in [1.54, 1.807) is 6.92 Å². The van der Waals surface area contributed by atoms with Crippen molar-refractivity contribution >= 4 is 11.8 Å². The van der Waals surface area contributed by atoms with E-state index < -0.39 is 24.2 Å². The molecule has 1 aromatic carbocycles. The Hall–Kier alpha value is -2.70. The van der Waals surface area contributed by atoms with Crippen LogP contribution in [-0.4, -0.2) is 30.6 Å². The highest BCUT2D eigenvalue weighted by molar-refractivity contribution is 5.99. The second kappa shape index (κ2) is 7.25. The molecule has 0 fully saturated rings. The number of hydrogen-bond donors (Lipinski definition) is 0. The van der Waals surface area contributed by atoms with Gasteiger partial charge in [-0.1, -0.05) is 19.0 Å². The molecule has 0 bridgehead atoms. The lowest BCUT2D eigenvalue weighted by molar-refractivity contribution is 0.0471. The molecule has 0 saturated heterocycles. The molecule has 0 saturated carbocycles. The van der Waals surface area contributed by atoms with Crippen molar-refractivity contribution in [1.82, 2.24) is 5.16 Å². The topological polar surface area (TPSA) is 78.6 Å². The molecule has 1 heterocycles. The summed E-state index contributed by atoms with van der Waals surface area (Å²) in [6.07, 6.45) is 0. The van der Waals surface area contributed by atoms with Crippen molar-refractivity contribution in [1.29, 1.82) is 0 Å². The maximum absolute atomic E-state index is 13.6. The number of carbonyl (C=O) groups excluding carboxylic acids is 2. The fraction of sp³-hybridized carbons (Fsp3) is 0.353. The molecule has 0 spiro atoms. The van der Waals surface area contributed by atoms with Crippen LogP contribution < -0.4 is 4.74 Å². The highest BCUT2D eigenvalue weighted by Crippen LogP contribution is 2.23. The van der Waals surface area contributed by atoms with Crippen molar-refractivity contribution in [2.45, 2.75) is 26.7 Å². The Bertz CT molecular complexity index is 766. The number of hydrogen-bond acceptors (Lipinski definition) is 6. The van der Waals surface area contributed by atoms with E-state index in [0.29, 0.717) is 11.5 Å². The Labute approximate surface area is 138 Å². The predicted molar refractivity (Wildman–Crippen MR) is 82.9 cm³/mol. The van der Waals surface area contributed by atoms with Crippen LogP contribution in [0, 0.1) is 12.7 Å². The van der Waals surface area contributed by atoms with Crippen LogP contribution >= 0.6 is 0 Å². The lowest BCUT2D eigenvalue weighted by atomic mass is 10.1. The summed E-state index contributed by atoms with van der Waals surface area (Å²) in [6.45, 7) is 4.81. The zero-order chi connectivity index (χ0) is 17.9. The lowest BCUT2D eigenvalue weighted by Crippen LogP contribution is -2.16. The summed E-state index contributed by atoms with van der Waals surface area (Å²) in [5.74, 6) is -1.50. The molecule has 2 aromatic rings. The molecule has 2 rings (SSSR count). The number of nitrogens with zero attached hydrogens (tertiary/aromatic N) is 1. The molecular weight excluding hydrogens is 317 g/mol. The lowest BCUT2D eigenvalue weighted by Gasteiger charge is -2.07. The number of rotatable bonds is 6. The van der Waals surface area contributed by atoms with Gasteiger partial charge in [0.25, 0.3) is 0 Å². The fourth-order valence-corrected chi connectivity index (χ4v) is 2.16. The highest BCUT2D eigenvalue weighted by atomic mass is 19.1. The number of ether oxygens (including phenoxy) is 2. The molecule has 1 aromatic heterocycles. The molecule has 0 radical (unpaired) electrons. The molecule has 0 amide bonds. The van der Waals surface area contributed by atoms with E-state index in [1.165, 1.54) is 19.2 Å². The van der Waals surface area contributed by atoms with Gasteiger partial charge in [0.15, 0.2) is 29.7 Å². The molecule has 6 nitrogen and oxygen atoms in total. The van der Waals surface area contributed by atoms with Crippen LogP contribution in [-0.2, 0) is 4.74 Å². The molecule has 0 N–H and O–H groups in total. The SMILES string of the molecule is COc1ccc(C(=O)COC(=O)c2c(C)noc2C(C)C)cc1F. The minimum Gasteiger partial charge on any atom is -0.494 e. The van der Waals surface area contributed by atoms with Crippen molar-refractivity contribution in [3.05, 3.63) is 46.6 Å². The smallest absolute Gasteiger partial charge is 0.344 e. The van der Waals surface area contributed by atoms with Crippen LogP contribution in [0.25, 0.3) is 0 Å². The molecule has 0 aliphatic rings. The average molecular weight is 335 g/mol. The van der Waals surface area contributed by atoms with Crippen LogP contribution in [0.1, 0.15) is 51.9 Å². The number of aryl methyl sites for hydroxylation is 1. The molecule has 128 valence electrons. The quantitative estimate of drug-likeness (QED) is 0.595. The third kappa shape index (κ3) is 3.61. The van der Waals surface area contributed by atoms with E-state index in [0.717, 1.165) is 6.07 Å². The summed E-state index contributed by atoms with van der Waals surface area (Å²) < 4.78 is 28.5. The second-order valence-electron chi connectivity index (χ2n) is 5.51. The maximum atomic E-state index is 13.6. The third-order valence-corrected chi connectivity index (χ3v) is 3.43. The zero-order valence-electron chi connectivity index (χ0n) is 13.9. The van der Waals surface area contributed by atoms with Gasteiger partial charge in [-0.2, -0.15) is 0 Å². The largest absolute Gasteiger partial charge is 0.494 e. The van der Waals surface area contributed by atoms with Gasteiger partial charge in [-0.05, 0) is 25.1 Å². The molecule has 0 atom stereocenters. The van der Waals surface area contributed by atoms with Crippen LogP contribution in [0.2, 0.25) is 0 Å². The third-order valence-electron chi connectivity index (χ3n) is 3.43. The van der Waals surface area contributed by atoms with E-state index in [2.05, 4.69) is 5.16 Å². The van der Waals surface area contributed by atoms with Gasteiger partial charge in [0.1, 0.15) is 5.56 Å². The summed E-state index contributed by atoms with van der Waals surface area (Å²) in [6, 6.07) is 3.78. The number of Topliss-reactive ketones (excluding diaryl/α,β-unsaturated/α-hetero) is 1. The Morgan fingerprint density at radius 2 is 2.04 bits per heavy atom. The molecule has 7 heteroatoms. The summed E-state index contributed by atoms with van der Waals surface area (Å²) in [7, 11) is 1.33. The summed E-state index contributed by atoms with van der Waals surface area (Å²) in [5, 5.41) is 3.75. The van der Waals surface area contributed by atoms with E-state index in [-0.39, 0.29) is 22.8 Å². The number of halogens is 1. The van der Waals surface area contributed by atoms with Crippen LogP contribution in [0.15, 0.2) is 22.7 Å². The van der Waals surface area contributed by atoms with Gasteiger partial charge in [0, 0.05) is 11.5 Å². The first-order valence-corrected chi connectivity index (χ1v) is 7.35. The molecular formula is C17H18FNO5. The minimum absolute atomic E-state index is 0.0326. The number of carbonyl (C=O) groups is 2. The monoisotopic (exact) mass is 335 g/mol. The predicted octanol–water partition coefficient (Wildman–Crippen LogP) is 3.29. The Balaban J connectivity index is 2.08. The molecule has 0 aliphatic heterocycles. The van der Waals surface area contributed by atoms with Crippen molar-refractivity contribution in [3.63, 3.8) is 0 Å². The molecule has 0 aliphatic carbocycles. The van der Waals surface area contributed by atoms with Gasteiger partial charge in [-0.3, -0.25) is 4.79 Å². The molecule has 24 heavy (non-hydrogen) atoms. The first-order valence-electron chi connectivity index (χ1n) is 7.35. The second-order valence-corrected chi connectivity index (χ2v) is 5.51. The van der Waals surface area contributed by atoms with E-state index >= 15 is 0 Å². The summed E-state index contributed by atoms with van der Waals surface area (Å²) in [4.78, 5) is 24.2. The number of aromatic nitrogens is 1. The van der Waals surface area contributed by atoms with Gasteiger partial charge in [0.05, 0.1) is 12.8 Å². The summed E-state index contributed by atoms with van der Waals surface area (Å²) in [5.41, 5.74) is 0.706. The Kier molecular flexibility index (Phi) is 5.33. The number of esters is 1. The Morgan fingerprint density at radius 3 is 2.62 bits per heavy atom. The zero-order valence-corrected chi connectivity index (χ0v) is 13.9. The van der Waals surface area contributed by atoms with Crippen molar-refractivity contribution in [2.75, 3.05) is 13.7 Å². The highest BCUT2D eigenvalue weighted by Gasteiger charge is 2.24. The number of ketones is 1. The van der Waals surface area contributed by atoms with Crippen molar-refractivity contribution in [2.24, 2.45) is 0 Å². The fourth-order valence-electron chi connectivity index (χ4n) is 2.16. The first-order chi connectivity index (χ1) is 11.3. The maximum Gasteiger partial charge on any atom is 0.344 e. The van der Waals surface area contributed by atoms with Crippen LogP contribution in [0.5, 0.6) is 5.75 Å². The van der Waals surface area contributed by atoms with Gasteiger partial charge in [0.2, 0.25) is 0 Å². The summed E-state index contributed by atoms with van der Waals surface area (Å²) >= 11 is 0. The van der Waals surface area contributed by atoms with Gasteiger partial charge in [-0.25, -0.2) is 9.18 Å². The standard InChI is InChI=1S/C17H18FNO5/c1-9(2)16-15(10(3)19-24-16)17(21)23-8-13(20)11-5-6-14(22-4)12(18)7-11/h5-7,9H,8H2,1-4H3. The first kappa shape index (κ1) is 17.7. The number of benzene rings is 1. The van der Waals surface area contributed by atoms with Gasteiger partial charge in [-0.15, -0.1) is 0 Å². The molecule has 0 unspecified atom stereocenters. The van der Waals surface area contributed by atoms with Crippen LogP contribution in [0.3, 0.4) is 0 Å². The van der Waals surface area contributed by atoms with E-state index in [1.807, 2.05) is 13.8 Å². The van der Waals surface area contributed by atoms with Crippen molar-refractivity contribution in [3.8, 4) is 5.75 Å². The minimum atomic E-state index is -0.695. The Morgan fingerprint density at radius 1 is 1.33 bits per heavy atom. The van der Waals surface area contributed by atoms with E-state index in [4.69, 9.17) is 14.0 Å². The van der Waals surface area contributed by atoms with Gasteiger partial charge < -0.3 is 14.0 Å². The number of methoxy groups -OCH3 is 1. The average Bonchev–Trinajstić information content (AvgIpc) is 2.94. The van der Waals surface area contributed by atoms with E-state index in [9.17, 15) is 14.0 Å². The van der Waals surface area contributed by atoms with Gasteiger partial charge >= 0.3 is 5.97 Å². The van der Waals surface area contributed by atoms with Crippen molar-refractivity contribution < 1.29 is 28.0 Å². The van der Waals surface area contributed by atoms with Crippen LogP contribution in [0.4, 0.5) is 4.39 Å².